The van der Waals surface area contributed by atoms with Crippen LogP contribution in [0.5, 0.6) is 0 Å². The van der Waals surface area contributed by atoms with Crippen molar-refractivity contribution in [3.05, 3.63) is 11.6 Å². The fourth-order valence-electron chi connectivity index (χ4n) is 1.47. The van der Waals surface area contributed by atoms with E-state index in [2.05, 4.69) is 11.9 Å². The van der Waals surface area contributed by atoms with Crippen molar-refractivity contribution in [1.82, 2.24) is 0 Å². The maximum absolute atomic E-state index is 11.5. The van der Waals surface area contributed by atoms with Crippen LogP contribution in [0.2, 0.25) is 0 Å². The Labute approximate surface area is 84.9 Å². The van der Waals surface area contributed by atoms with Gasteiger partial charge in [0.05, 0.1) is 12.2 Å². The molecule has 0 N–H and O–H groups in total. The molecule has 0 aromatic rings. The predicted octanol–water partition coefficient (Wildman–Crippen LogP) is 2.12. The van der Waals surface area contributed by atoms with Crippen LogP contribution in [0.25, 0.3) is 0 Å². The molecule has 1 rings (SSSR count). The maximum Gasteiger partial charge on any atom is 0.339 e. The van der Waals surface area contributed by atoms with Crippen LogP contribution in [0.15, 0.2) is 16.6 Å². The van der Waals surface area contributed by atoms with Crippen LogP contribution in [-0.4, -0.2) is 24.8 Å². The molecule has 0 aromatic heterocycles. The Morgan fingerprint density at radius 3 is 3.00 bits per heavy atom. The van der Waals surface area contributed by atoms with Gasteiger partial charge in [0.25, 0.3) is 0 Å². The van der Waals surface area contributed by atoms with Crippen LogP contribution in [0.1, 0.15) is 33.1 Å². The van der Waals surface area contributed by atoms with E-state index in [0.29, 0.717) is 12.2 Å². The third-order valence-electron chi connectivity index (χ3n) is 2.07. The zero-order valence-electron chi connectivity index (χ0n) is 8.88. The molecule has 0 spiro atoms. The zero-order valence-corrected chi connectivity index (χ0v) is 8.88. The van der Waals surface area contributed by atoms with Gasteiger partial charge in [-0.2, -0.15) is 0 Å². The van der Waals surface area contributed by atoms with Crippen LogP contribution in [-0.2, 0) is 9.53 Å². The van der Waals surface area contributed by atoms with E-state index >= 15 is 0 Å². The molecule has 14 heavy (non-hydrogen) atoms. The Morgan fingerprint density at radius 2 is 2.36 bits per heavy atom. The Morgan fingerprint density at radius 1 is 1.57 bits per heavy atom. The maximum atomic E-state index is 11.5. The minimum absolute atomic E-state index is 0.223. The molecule has 3 nitrogen and oxygen atoms in total. The van der Waals surface area contributed by atoms with Crippen molar-refractivity contribution in [2.24, 2.45) is 4.99 Å². The fourth-order valence-corrected chi connectivity index (χ4v) is 1.47. The summed E-state index contributed by atoms with van der Waals surface area (Å²) in [4.78, 5) is 15.9. The smallest absolute Gasteiger partial charge is 0.339 e. The lowest BCUT2D eigenvalue weighted by Gasteiger charge is -2.13. The van der Waals surface area contributed by atoms with Crippen molar-refractivity contribution in [3.8, 4) is 0 Å². The molecule has 0 bridgehead atoms. The van der Waals surface area contributed by atoms with Crippen LogP contribution in [0.4, 0.5) is 0 Å². The first-order valence-electron chi connectivity index (χ1n) is 5.20. The number of ether oxygens (including phenoxy) is 1. The minimum Gasteiger partial charge on any atom is -0.462 e. The number of dihydropyridines is 1. The van der Waals surface area contributed by atoms with Gasteiger partial charge in [-0.15, -0.1) is 0 Å². The quantitative estimate of drug-likeness (QED) is 0.644. The molecule has 0 atom stereocenters. The van der Waals surface area contributed by atoms with Gasteiger partial charge in [-0.05, 0) is 19.8 Å². The van der Waals surface area contributed by atoms with Gasteiger partial charge in [-0.3, -0.25) is 4.99 Å². The summed E-state index contributed by atoms with van der Waals surface area (Å²) < 4.78 is 4.97. The monoisotopic (exact) mass is 195 g/mol. The van der Waals surface area contributed by atoms with E-state index in [0.717, 1.165) is 31.5 Å². The number of hydrogen-bond donors (Lipinski definition) is 0. The lowest BCUT2D eigenvalue weighted by Crippen LogP contribution is -2.18. The summed E-state index contributed by atoms with van der Waals surface area (Å²) in [6.07, 6.45) is 4.66. The Kier molecular flexibility index (Phi) is 4.36. The Balaban J connectivity index is 2.69. The third kappa shape index (κ3) is 2.69. The highest BCUT2D eigenvalue weighted by atomic mass is 16.5. The van der Waals surface area contributed by atoms with E-state index < -0.39 is 0 Å². The standard InChI is InChI=1S/C11H17NO2/c1-3-6-10-9(7-5-8-12-10)11(13)14-4-2/h7H,3-6,8H2,1-2H3. The SMILES string of the molecule is CCCC1=NCCC=C1C(=O)OCC. The van der Waals surface area contributed by atoms with Crippen molar-refractivity contribution >= 4 is 11.7 Å². The zero-order chi connectivity index (χ0) is 10.4. The molecular weight excluding hydrogens is 178 g/mol. The molecule has 0 aromatic carbocycles. The number of rotatable bonds is 4. The molecule has 0 unspecified atom stereocenters. The second kappa shape index (κ2) is 5.58. The molecule has 0 saturated heterocycles. The second-order valence-electron chi connectivity index (χ2n) is 3.21. The van der Waals surface area contributed by atoms with Gasteiger partial charge in [0.2, 0.25) is 0 Å². The van der Waals surface area contributed by atoms with Crippen LogP contribution in [0.3, 0.4) is 0 Å². The molecule has 0 saturated carbocycles. The molecule has 3 heteroatoms. The van der Waals surface area contributed by atoms with E-state index in [1.807, 2.05) is 13.0 Å². The number of hydrogen-bond acceptors (Lipinski definition) is 3. The van der Waals surface area contributed by atoms with E-state index in [4.69, 9.17) is 4.74 Å². The lowest BCUT2D eigenvalue weighted by molar-refractivity contribution is -0.137. The highest BCUT2D eigenvalue weighted by Crippen LogP contribution is 2.13. The van der Waals surface area contributed by atoms with E-state index in [1.54, 1.807) is 0 Å². The van der Waals surface area contributed by atoms with Gasteiger partial charge in [0, 0.05) is 12.3 Å². The normalized spacial score (nSPS) is 15.9. The molecule has 0 radical (unpaired) electrons. The largest absolute Gasteiger partial charge is 0.462 e. The number of esters is 1. The van der Waals surface area contributed by atoms with Gasteiger partial charge >= 0.3 is 5.97 Å². The number of carbonyl (C=O) groups is 1. The molecule has 0 aliphatic carbocycles. The predicted molar refractivity (Wildman–Crippen MR) is 56.5 cm³/mol. The average molecular weight is 195 g/mol. The van der Waals surface area contributed by atoms with Crippen LogP contribution >= 0.6 is 0 Å². The number of carbonyl (C=O) groups excluding carboxylic acids is 1. The number of nitrogens with zero attached hydrogens (tertiary/aromatic N) is 1. The minimum atomic E-state index is -0.223. The molecule has 1 heterocycles. The van der Waals surface area contributed by atoms with Crippen molar-refractivity contribution in [3.63, 3.8) is 0 Å². The van der Waals surface area contributed by atoms with E-state index in [1.165, 1.54) is 0 Å². The molecule has 1 aliphatic rings. The number of aliphatic imine (C=N–C) groups is 1. The molecule has 0 amide bonds. The Hall–Kier alpha value is -1.12. The van der Waals surface area contributed by atoms with Crippen molar-refractivity contribution in [1.29, 1.82) is 0 Å². The average Bonchev–Trinajstić information content (AvgIpc) is 2.19. The summed E-state index contributed by atoms with van der Waals surface area (Å²) in [5.74, 6) is -0.223. The summed E-state index contributed by atoms with van der Waals surface area (Å²) in [5.41, 5.74) is 1.59. The Bertz CT molecular complexity index is 266. The summed E-state index contributed by atoms with van der Waals surface area (Å²) in [7, 11) is 0. The summed E-state index contributed by atoms with van der Waals surface area (Å²) in [5, 5.41) is 0. The van der Waals surface area contributed by atoms with Gasteiger partial charge < -0.3 is 4.74 Å². The fraction of sp³-hybridized carbons (Fsp3) is 0.636. The molecular formula is C11H17NO2. The molecule has 78 valence electrons. The van der Waals surface area contributed by atoms with Gasteiger partial charge in [-0.1, -0.05) is 19.4 Å². The highest BCUT2D eigenvalue weighted by Gasteiger charge is 2.18. The molecule has 1 aliphatic heterocycles. The summed E-state index contributed by atoms with van der Waals surface area (Å²) in [6, 6.07) is 0. The first-order chi connectivity index (χ1) is 6.79. The van der Waals surface area contributed by atoms with Gasteiger partial charge in [0.1, 0.15) is 0 Å². The van der Waals surface area contributed by atoms with Crippen LogP contribution < -0.4 is 0 Å². The first-order valence-corrected chi connectivity index (χ1v) is 5.20. The third-order valence-corrected chi connectivity index (χ3v) is 2.07. The van der Waals surface area contributed by atoms with Crippen molar-refractivity contribution < 1.29 is 9.53 Å². The lowest BCUT2D eigenvalue weighted by atomic mass is 10.0. The summed E-state index contributed by atoms with van der Waals surface area (Å²) >= 11 is 0. The van der Waals surface area contributed by atoms with Crippen LogP contribution in [0, 0.1) is 0 Å². The van der Waals surface area contributed by atoms with Crippen molar-refractivity contribution in [2.45, 2.75) is 33.1 Å². The van der Waals surface area contributed by atoms with Gasteiger partial charge in [0.15, 0.2) is 0 Å². The molecule has 0 fully saturated rings. The summed E-state index contributed by atoms with van der Waals surface area (Å²) in [6.45, 7) is 5.13. The van der Waals surface area contributed by atoms with Crippen molar-refractivity contribution in [2.75, 3.05) is 13.2 Å². The topological polar surface area (TPSA) is 38.7 Å². The first kappa shape index (κ1) is 11.0. The van der Waals surface area contributed by atoms with E-state index in [9.17, 15) is 4.79 Å². The van der Waals surface area contributed by atoms with E-state index in [-0.39, 0.29) is 5.97 Å². The van der Waals surface area contributed by atoms with Gasteiger partial charge in [-0.25, -0.2) is 4.79 Å². The second-order valence-corrected chi connectivity index (χ2v) is 3.21. The highest BCUT2D eigenvalue weighted by molar-refractivity contribution is 6.20.